The maximum atomic E-state index is 12.1. The lowest BCUT2D eigenvalue weighted by Crippen LogP contribution is -2.54. The Bertz CT molecular complexity index is 423. The number of nitrogens with one attached hydrogen (secondary N) is 1. The highest BCUT2D eigenvalue weighted by Gasteiger charge is 2.26. The Hall–Kier alpha value is -1.55. The summed E-state index contributed by atoms with van der Waals surface area (Å²) in [4.78, 5) is 12.1. The van der Waals surface area contributed by atoms with E-state index in [9.17, 15) is 4.79 Å². The van der Waals surface area contributed by atoms with Gasteiger partial charge in [-0.1, -0.05) is 12.5 Å². The number of hydrazine groups is 1. The van der Waals surface area contributed by atoms with Gasteiger partial charge in [-0.3, -0.25) is 10.2 Å². The molecular weight excluding hydrogens is 226 g/mol. The van der Waals surface area contributed by atoms with Gasteiger partial charge in [0.2, 0.25) is 0 Å². The molecular formula is C14H21N3O. The van der Waals surface area contributed by atoms with Crippen LogP contribution in [0.5, 0.6) is 0 Å². The number of carbonyl (C=O) groups is 1. The van der Waals surface area contributed by atoms with Crippen molar-refractivity contribution < 1.29 is 4.79 Å². The molecule has 2 rings (SSSR count). The van der Waals surface area contributed by atoms with Crippen LogP contribution in [0.1, 0.15) is 43.5 Å². The van der Waals surface area contributed by atoms with Crippen LogP contribution in [-0.2, 0) is 0 Å². The van der Waals surface area contributed by atoms with E-state index in [1.165, 1.54) is 6.42 Å². The van der Waals surface area contributed by atoms with Crippen molar-refractivity contribution in [1.82, 2.24) is 10.4 Å². The molecule has 0 bridgehead atoms. The lowest BCUT2D eigenvalue weighted by molar-refractivity contribution is 0.0370. The number of amides is 1. The number of hydrogen-bond donors (Lipinski definition) is 2. The van der Waals surface area contributed by atoms with E-state index < -0.39 is 0 Å². The molecule has 0 spiro atoms. The number of hydrogen-bond acceptors (Lipinski definition) is 3. The van der Waals surface area contributed by atoms with Crippen LogP contribution in [-0.4, -0.2) is 23.0 Å². The van der Waals surface area contributed by atoms with Gasteiger partial charge in [0.1, 0.15) is 0 Å². The van der Waals surface area contributed by atoms with Crippen molar-refractivity contribution in [3.63, 3.8) is 0 Å². The first-order valence-corrected chi connectivity index (χ1v) is 6.53. The summed E-state index contributed by atoms with van der Waals surface area (Å²) in [6, 6.07) is 7.84. The number of nitrogen functional groups attached to an aromatic ring is 1. The van der Waals surface area contributed by atoms with Crippen molar-refractivity contribution in [1.29, 1.82) is 0 Å². The molecule has 4 heteroatoms. The molecule has 1 heterocycles. The predicted molar refractivity (Wildman–Crippen MR) is 72.9 cm³/mol. The summed E-state index contributed by atoms with van der Waals surface area (Å²) in [5.74, 6) is -0.0806. The van der Waals surface area contributed by atoms with E-state index in [1.807, 2.05) is 0 Å². The van der Waals surface area contributed by atoms with Crippen molar-refractivity contribution in [2.75, 3.05) is 5.73 Å². The zero-order valence-corrected chi connectivity index (χ0v) is 11.0. The number of rotatable bonds is 2. The van der Waals surface area contributed by atoms with Gasteiger partial charge in [-0.05, 0) is 44.9 Å². The molecule has 2 unspecified atom stereocenters. The van der Waals surface area contributed by atoms with Crippen LogP contribution in [0, 0.1) is 0 Å². The minimum Gasteiger partial charge on any atom is -0.399 e. The topological polar surface area (TPSA) is 58.4 Å². The molecule has 1 aromatic rings. The second-order valence-electron chi connectivity index (χ2n) is 5.10. The summed E-state index contributed by atoms with van der Waals surface area (Å²) in [5, 5.41) is 2.06. The van der Waals surface area contributed by atoms with Gasteiger partial charge in [-0.2, -0.15) is 0 Å². The Morgan fingerprint density at radius 2 is 2.00 bits per heavy atom. The molecule has 1 aliphatic heterocycles. The third kappa shape index (κ3) is 2.82. The first-order chi connectivity index (χ1) is 8.58. The molecule has 1 saturated heterocycles. The minimum absolute atomic E-state index is 0.0806. The molecule has 0 aromatic heterocycles. The van der Waals surface area contributed by atoms with Gasteiger partial charge in [-0.25, -0.2) is 5.01 Å². The van der Waals surface area contributed by atoms with Crippen LogP contribution >= 0.6 is 0 Å². The van der Waals surface area contributed by atoms with E-state index in [2.05, 4.69) is 24.3 Å². The molecule has 3 N–H and O–H groups in total. The number of anilines is 1. The van der Waals surface area contributed by atoms with Gasteiger partial charge < -0.3 is 5.73 Å². The van der Waals surface area contributed by atoms with E-state index in [0.717, 1.165) is 12.8 Å². The second kappa shape index (κ2) is 5.40. The summed E-state index contributed by atoms with van der Waals surface area (Å²) >= 11 is 0. The van der Waals surface area contributed by atoms with Crippen LogP contribution < -0.4 is 11.2 Å². The maximum Gasteiger partial charge on any atom is 0.265 e. The standard InChI is InChI=1S/C14H21N3O/c1-10-5-3-6-11(2)17(10)16-14(18)12-7-4-8-13(15)9-12/h4,7-11H,3,5-6,15H2,1-2H3,(H,16,18). The Morgan fingerprint density at radius 3 is 2.61 bits per heavy atom. The molecule has 1 fully saturated rings. The van der Waals surface area contributed by atoms with Gasteiger partial charge in [0.15, 0.2) is 0 Å². The second-order valence-corrected chi connectivity index (χ2v) is 5.10. The SMILES string of the molecule is CC1CCCC(C)N1NC(=O)c1cccc(N)c1. The van der Waals surface area contributed by atoms with Crippen molar-refractivity contribution in [2.24, 2.45) is 0 Å². The van der Waals surface area contributed by atoms with Crippen LogP contribution in [0.3, 0.4) is 0 Å². The Balaban J connectivity index is 2.06. The molecule has 4 nitrogen and oxygen atoms in total. The number of nitrogens with two attached hydrogens (primary N) is 1. The molecule has 2 atom stereocenters. The lowest BCUT2D eigenvalue weighted by atomic mass is 10.00. The van der Waals surface area contributed by atoms with Crippen molar-refractivity contribution in [2.45, 2.75) is 45.2 Å². The van der Waals surface area contributed by atoms with Gasteiger partial charge in [-0.15, -0.1) is 0 Å². The molecule has 1 amide bonds. The Morgan fingerprint density at radius 1 is 1.33 bits per heavy atom. The van der Waals surface area contributed by atoms with Crippen molar-refractivity contribution >= 4 is 11.6 Å². The first kappa shape index (κ1) is 12.9. The highest BCUT2D eigenvalue weighted by molar-refractivity contribution is 5.94. The molecule has 98 valence electrons. The smallest absolute Gasteiger partial charge is 0.265 e. The van der Waals surface area contributed by atoms with E-state index in [4.69, 9.17) is 5.73 Å². The van der Waals surface area contributed by atoms with Gasteiger partial charge in [0.05, 0.1) is 0 Å². The average Bonchev–Trinajstić information content (AvgIpc) is 2.34. The molecule has 1 aliphatic rings. The quantitative estimate of drug-likeness (QED) is 0.787. The Labute approximate surface area is 108 Å². The molecule has 0 saturated carbocycles. The van der Waals surface area contributed by atoms with Gasteiger partial charge in [0.25, 0.3) is 5.91 Å². The highest BCUT2D eigenvalue weighted by atomic mass is 16.2. The third-order valence-electron chi connectivity index (χ3n) is 3.57. The van der Waals surface area contributed by atoms with Gasteiger partial charge in [0, 0.05) is 23.3 Å². The van der Waals surface area contributed by atoms with Crippen LogP contribution in [0.4, 0.5) is 5.69 Å². The van der Waals surface area contributed by atoms with Gasteiger partial charge >= 0.3 is 0 Å². The fraction of sp³-hybridized carbons (Fsp3) is 0.500. The normalized spacial score (nSPS) is 24.8. The zero-order valence-electron chi connectivity index (χ0n) is 11.0. The lowest BCUT2D eigenvalue weighted by Gasteiger charge is -2.38. The molecule has 1 aromatic carbocycles. The summed E-state index contributed by atoms with van der Waals surface area (Å²) in [5.41, 5.74) is 9.92. The third-order valence-corrected chi connectivity index (χ3v) is 3.57. The number of benzene rings is 1. The van der Waals surface area contributed by atoms with Crippen molar-refractivity contribution in [3.8, 4) is 0 Å². The largest absolute Gasteiger partial charge is 0.399 e. The summed E-state index contributed by atoms with van der Waals surface area (Å²) < 4.78 is 0. The zero-order chi connectivity index (χ0) is 13.1. The average molecular weight is 247 g/mol. The number of carbonyl (C=O) groups excluding carboxylic acids is 1. The van der Waals surface area contributed by atoms with E-state index in [0.29, 0.717) is 23.3 Å². The first-order valence-electron chi connectivity index (χ1n) is 6.53. The van der Waals surface area contributed by atoms with Crippen LogP contribution in [0.15, 0.2) is 24.3 Å². The Kier molecular flexibility index (Phi) is 3.87. The van der Waals surface area contributed by atoms with E-state index in [-0.39, 0.29) is 5.91 Å². The predicted octanol–water partition coefficient (Wildman–Crippen LogP) is 2.18. The van der Waals surface area contributed by atoms with Crippen LogP contribution in [0.25, 0.3) is 0 Å². The summed E-state index contributed by atoms with van der Waals surface area (Å²) in [7, 11) is 0. The van der Waals surface area contributed by atoms with Crippen molar-refractivity contribution in [3.05, 3.63) is 29.8 Å². The minimum atomic E-state index is -0.0806. The van der Waals surface area contributed by atoms with E-state index in [1.54, 1.807) is 24.3 Å². The molecule has 18 heavy (non-hydrogen) atoms. The number of nitrogens with zero attached hydrogens (tertiary/aromatic N) is 1. The fourth-order valence-electron chi connectivity index (χ4n) is 2.50. The maximum absolute atomic E-state index is 12.1. The highest BCUT2D eigenvalue weighted by Crippen LogP contribution is 2.20. The van der Waals surface area contributed by atoms with E-state index >= 15 is 0 Å². The van der Waals surface area contributed by atoms with Crippen LogP contribution in [0.2, 0.25) is 0 Å². The summed E-state index contributed by atoms with van der Waals surface area (Å²) in [6.07, 6.45) is 3.48. The number of piperidine rings is 1. The molecule has 0 aliphatic carbocycles. The summed E-state index contributed by atoms with van der Waals surface area (Å²) in [6.45, 7) is 4.30. The molecule has 0 radical (unpaired) electrons. The monoisotopic (exact) mass is 247 g/mol. The fourth-order valence-corrected chi connectivity index (χ4v) is 2.50.